The summed E-state index contributed by atoms with van der Waals surface area (Å²) in [6.45, 7) is 6.71. The third-order valence-corrected chi connectivity index (χ3v) is 6.17. The van der Waals surface area contributed by atoms with Crippen LogP contribution in [0.5, 0.6) is 0 Å². The van der Waals surface area contributed by atoms with Gasteiger partial charge in [0.1, 0.15) is 12.1 Å². The highest BCUT2D eigenvalue weighted by Crippen LogP contribution is 2.38. The fraction of sp³-hybridized carbons (Fsp3) is 0.280. The van der Waals surface area contributed by atoms with Gasteiger partial charge in [0.15, 0.2) is 5.65 Å². The Morgan fingerprint density at radius 1 is 0.900 bits per heavy atom. The molecule has 152 valence electrons. The van der Waals surface area contributed by atoms with Crippen molar-refractivity contribution in [1.29, 1.82) is 0 Å². The van der Waals surface area contributed by atoms with Crippen molar-refractivity contribution in [3.63, 3.8) is 0 Å². The van der Waals surface area contributed by atoms with Crippen molar-refractivity contribution < 1.29 is 0 Å². The smallest absolute Gasteiger partial charge is 0.150 e. The molecule has 5 heteroatoms. The molecule has 0 bridgehead atoms. The minimum Gasteiger partial charge on any atom is -0.355 e. The molecule has 1 aliphatic heterocycles. The standard InChI is InChI=1S/C25H25ClN4/c1-17-12-18(2)14-29(13-17)24-23-22(19-6-4-3-5-7-19)15-30(25(23)28-16-27-24)21-10-8-20(26)9-11-21/h3-11,15-18H,12-14H2,1-2H3/t17-,18+. The van der Waals surface area contributed by atoms with Gasteiger partial charge < -0.3 is 9.47 Å². The van der Waals surface area contributed by atoms with Gasteiger partial charge in [-0.15, -0.1) is 0 Å². The van der Waals surface area contributed by atoms with E-state index >= 15 is 0 Å². The lowest BCUT2D eigenvalue weighted by molar-refractivity contribution is 0.356. The fourth-order valence-electron chi connectivity index (χ4n) is 4.76. The van der Waals surface area contributed by atoms with Gasteiger partial charge in [0.25, 0.3) is 0 Å². The average molecular weight is 417 g/mol. The molecule has 0 aliphatic carbocycles. The Hall–Kier alpha value is -2.85. The first-order valence-corrected chi connectivity index (χ1v) is 10.9. The lowest BCUT2D eigenvalue weighted by atomic mass is 9.91. The van der Waals surface area contributed by atoms with Crippen molar-refractivity contribution in [3.8, 4) is 16.8 Å². The minimum atomic E-state index is 0.650. The molecule has 0 amide bonds. The van der Waals surface area contributed by atoms with Crippen LogP contribution in [0, 0.1) is 11.8 Å². The zero-order valence-corrected chi connectivity index (χ0v) is 18.0. The molecule has 2 aromatic heterocycles. The molecule has 30 heavy (non-hydrogen) atoms. The summed E-state index contributed by atoms with van der Waals surface area (Å²) in [5.41, 5.74) is 4.29. The molecular weight excluding hydrogens is 392 g/mol. The molecule has 1 fully saturated rings. The molecule has 1 aliphatic rings. The number of rotatable bonds is 3. The summed E-state index contributed by atoms with van der Waals surface area (Å²) >= 11 is 6.13. The Morgan fingerprint density at radius 3 is 2.30 bits per heavy atom. The summed E-state index contributed by atoms with van der Waals surface area (Å²) < 4.78 is 2.15. The maximum Gasteiger partial charge on any atom is 0.150 e. The van der Waals surface area contributed by atoms with Gasteiger partial charge in [-0.05, 0) is 48.1 Å². The van der Waals surface area contributed by atoms with Gasteiger partial charge >= 0.3 is 0 Å². The number of fused-ring (bicyclic) bond motifs is 1. The summed E-state index contributed by atoms with van der Waals surface area (Å²) in [7, 11) is 0. The SMILES string of the molecule is C[C@@H]1C[C@H](C)CN(c2ncnc3c2c(-c2ccccc2)cn3-c2ccc(Cl)cc2)C1. The van der Waals surface area contributed by atoms with Crippen molar-refractivity contribution in [2.75, 3.05) is 18.0 Å². The Kier molecular flexibility index (Phi) is 4.95. The third-order valence-electron chi connectivity index (χ3n) is 5.92. The van der Waals surface area contributed by atoms with Crippen molar-refractivity contribution in [2.24, 2.45) is 11.8 Å². The Labute approximate surface area is 182 Å². The molecular formula is C25H25ClN4. The van der Waals surface area contributed by atoms with Crippen LogP contribution in [0.1, 0.15) is 20.3 Å². The highest BCUT2D eigenvalue weighted by Gasteiger charge is 2.26. The van der Waals surface area contributed by atoms with Crippen LogP contribution in [0.25, 0.3) is 27.8 Å². The molecule has 4 aromatic rings. The number of hydrogen-bond acceptors (Lipinski definition) is 3. The van der Waals surface area contributed by atoms with Gasteiger partial charge in [-0.3, -0.25) is 0 Å². The predicted octanol–water partition coefficient (Wildman–Crippen LogP) is 6.22. The van der Waals surface area contributed by atoms with Crippen LogP contribution in [-0.2, 0) is 0 Å². The predicted molar refractivity (Wildman–Crippen MR) is 124 cm³/mol. The van der Waals surface area contributed by atoms with Gasteiger partial charge in [-0.25, -0.2) is 9.97 Å². The molecule has 0 unspecified atom stereocenters. The first kappa shape index (κ1) is 19.1. The lowest BCUT2D eigenvalue weighted by Crippen LogP contribution is -2.39. The number of halogens is 1. The van der Waals surface area contributed by atoms with Crippen LogP contribution in [0.4, 0.5) is 5.82 Å². The van der Waals surface area contributed by atoms with Crippen molar-refractivity contribution >= 4 is 28.5 Å². The lowest BCUT2D eigenvalue weighted by Gasteiger charge is -2.36. The van der Waals surface area contributed by atoms with Crippen LogP contribution in [0.15, 0.2) is 67.1 Å². The van der Waals surface area contributed by atoms with Crippen molar-refractivity contribution in [1.82, 2.24) is 14.5 Å². The van der Waals surface area contributed by atoms with Crippen LogP contribution in [-0.4, -0.2) is 27.6 Å². The van der Waals surface area contributed by atoms with E-state index in [-0.39, 0.29) is 0 Å². The van der Waals surface area contributed by atoms with Gasteiger partial charge in [-0.1, -0.05) is 55.8 Å². The number of benzene rings is 2. The number of aromatic nitrogens is 3. The molecule has 2 atom stereocenters. The topological polar surface area (TPSA) is 34.0 Å². The molecule has 0 saturated carbocycles. The van der Waals surface area contributed by atoms with E-state index in [1.54, 1.807) is 6.33 Å². The number of anilines is 1. The number of nitrogens with zero attached hydrogens (tertiary/aromatic N) is 4. The largest absolute Gasteiger partial charge is 0.355 e. The summed E-state index contributed by atoms with van der Waals surface area (Å²) in [5, 5.41) is 1.84. The minimum absolute atomic E-state index is 0.650. The number of hydrogen-bond donors (Lipinski definition) is 0. The highest BCUT2D eigenvalue weighted by molar-refractivity contribution is 6.30. The average Bonchev–Trinajstić information content (AvgIpc) is 3.14. The van der Waals surface area contributed by atoms with E-state index in [9.17, 15) is 0 Å². The first-order chi connectivity index (χ1) is 14.6. The molecule has 3 heterocycles. The van der Waals surface area contributed by atoms with Crippen molar-refractivity contribution in [3.05, 3.63) is 72.1 Å². The molecule has 5 rings (SSSR count). The van der Waals surface area contributed by atoms with Crippen LogP contribution < -0.4 is 4.90 Å². The monoisotopic (exact) mass is 416 g/mol. The third kappa shape index (κ3) is 3.46. The fourth-order valence-corrected chi connectivity index (χ4v) is 4.88. The second kappa shape index (κ2) is 7.77. The van der Waals surface area contributed by atoms with E-state index in [1.807, 2.05) is 30.3 Å². The van der Waals surface area contributed by atoms with E-state index in [0.717, 1.165) is 46.2 Å². The Bertz CT molecular complexity index is 1160. The van der Waals surface area contributed by atoms with E-state index in [0.29, 0.717) is 11.8 Å². The normalized spacial score (nSPS) is 19.4. The zero-order valence-electron chi connectivity index (χ0n) is 17.3. The van der Waals surface area contributed by atoms with Crippen LogP contribution in [0.2, 0.25) is 5.02 Å². The summed E-state index contributed by atoms with van der Waals surface area (Å²) in [6, 6.07) is 18.4. The molecule has 1 saturated heterocycles. The maximum atomic E-state index is 6.13. The first-order valence-electron chi connectivity index (χ1n) is 10.5. The summed E-state index contributed by atoms with van der Waals surface area (Å²) in [4.78, 5) is 11.9. The summed E-state index contributed by atoms with van der Waals surface area (Å²) in [6.07, 6.45) is 5.14. The number of piperidine rings is 1. The van der Waals surface area contributed by atoms with E-state index in [2.05, 4.69) is 53.8 Å². The second-order valence-electron chi connectivity index (χ2n) is 8.50. The van der Waals surface area contributed by atoms with Crippen LogP contribution in [0.3, 0.4) is 0 Å². The van der Waals surface area contributed by atoms with Gasteiger partial charge in [0.2, 0.25) is 0 Å². The molecule has 2 aromatic carbocycles. The van der Waals surface area contributed by atoms with Gasteiger partial charge in [0, 0.05) is 35.6 Å². The van der Waals surface area contributed by atoms with Crippen LogP contribution >= 0.6 is 11.6 Å². The van der Waals surface area contributed by atoms with Gasteiger partial charge in [0.05, 0.1) is 5.39 Å². The molecule has 0 radical (unpaired) electrons. The molecule has 0 spiro atoms. The Balaban J connectivity index is 1.75. The second-order valence-corrected chi connectivity index (χ2v) is 8.94. The maximum absolute atomic E-state index is 6.13. The summed E-state index contributed by atoms with van der Waals surface area (Å²) in [5.74, 6) is 2.33. The molecule has 0 N–H and O–H groups in total. The van der Waals surface area contributed by atoms with Gasteiger partial charge in [-0.2, -0.15) is 0 Å². The quantitative estimate of drug-likeness (QED) is 0.397. The molecule has 4 nitrogen and oxygen atoms in total. The van der Waals surface area contributed by atoms with E-state index in [1.165, 1.54) is 12.0 Å². The zero-order chi connectivity index (χ0) is 20.7. The van der Waals surface area contributed by atoms with Crippen molar-refractivity contribution in [2.45, 2.75) is 20.3 Å². The van der Waals surface area contributed by atoms with E-state index < -0.39 is 0 Å². The highest BCUT2D eigenvalue weighted by atomic mass is 35.5. The van der Waals surface area contributed by atoms with E-state index in [4.69, 9.17) is 21.6 Å². The Morgan fingerprint density at radius 2 is 1.60 bits per heavy atom.